The lowest BCUT2D eigenvalue weighted by atomic mass is 10.1. The van der Waals surface area contributed by atoms with Gasteiger partial charge in [-0.15, -0.1) is 13.2 Å². The number of methoxy groups -OCH3 is 1. The Morgan fingerprint density at radius 2 is 1.60 bits per heavy atom. The van der Waals surface area contributed by atoms with E-state index in [1.54, 1.807) is 55.8 Å². The number of allylic oxidation sites excluding steroid dienone is 2. The molecular weight excluding hydrogens is 654 g/mol. The molecule has 1 atom stereocenters. The molecule has 0 saturated heterocycles. The van der Waals surface area contributed by atoms with Gasteiger partial charge in [0.05, 0.1) is 19.2 Å². The zero-order valence-electron chi connectivity index (χ0n) is 31.8. The van der Waals surface area contributed by atoms with Gasteiger partial charge >= 0.3 is 5.97 Å². The van der Waals surface area contributed by atoms with E-state index in [1.807, 2.05) is 84.0 Å². The highest BCUT2D eigenvalue weighted by Gasteiger charge is 2.25. The van der Waals surface area contributed by atoms with E-state index in [9.17, 15) is 9.59 Å². The predicted molar refractivity (Wildman–Crippen MR) is 213 cm³/mol. The highest BCUT2D eigenvalue weighted by Crippen LogP contribution is 2.37. The number of hydrogen-bond donors (Lipinski definition) is 2. The number of nitrogens with zero attached hydrogens (tertiary/aromatic N) is 1. The van der Waals surface area contributed by atoms with Crippen molar-refractivity contribution in [1.82, 2.24) is 10.3 Å². The summed E-state index contributed by atoms with van der Waals surface area (Å²) in [4.78, 5) is 29.7. The molecule has 1 amide bonds. The van der Waals surface area contributed by atoms with Crippen molar-refractivity contribution in [3.8, 4) is 23.0 Å². The number of amides is 1. The van der Waals surface area contributed by atoms with Gasteiger partial charge in [0.1, 0.15) is 23.1 Å². The average Bonchev–Trinajstić information content (AvgIpc) is 3.15. The average molecular weight is 710 g/mol. The Balaban J connectivity index is 0.00000146. The van der Waals surface area contributed by atoms with Gasteiger partial charge in [0.2, 0.25) is 0 Å². The van der Waals surface area contributed by atoms with Crippen LogP contribution in [0.3, 0.4) is 0 Å². The zero-order chi connectivity index (χ0) is 38.5. The summed E-state index contributed by atoms with van der Waals surface area (Å²) >= 11 is 0. The molecule has 0 fully saturated rings. The molecule has 0 aliphatic carbocycles. The van der Waals surface area contributed by atoms with Crippen LogP contribution in [-0.4, -0.2) is 48.8 Å². The first-order valence-electron chi connectivity index (χ1n) is 17.4. The fraction of sp³-hybridized carbons (Fsp3) is 0.326. The van der Waals surface area contributed by atoms with Crippen molar-refractivity contribution < 1.29 is 28.5 Å². The Bertz CT molecular complexity index is 1730. The summed E-state index contributed by atoms with van der Waals surface area (Å²) in [5.74, 6) is 1.84. The van der Waals surface area contributed by atoms with E-state index in [4.69, 9.17) is 18.9 Å². The van der Waals surface area contributed by atoms with Crippen LogP contribution in [0.1, 0.15) is 71.2 Å². The summed E-state index contributed by atoms with van der Waals surface area (Å²) in [6.07, 6.45) is 7.65. The van der Waals surface area contributed by atoms with Crippen LogP contribution in [0, 0.1) is 0 Å². The number of carbonyl (C=O) groups excluding carboxylic acids is 2. The molecule has 278 valence electrons. The summed E-state index contributed by atoms with van der Waals surface area (Å²) in [5.41, 5.74) is 2.35. The molecular formula is C43H55N3O6. The third kappa shape index (κ3) is 14.4. The Morgan fingerprint density at radius 1 is 0.923 bits per heavy atom. The van der Waals surface area contributed by atoms with E-state index in [0.29, 0.717) is 65.8 Å². The summed E-state index contributed by atoms with van der Waals surface area (Å²) in [6.45, 7) is 22.6. The topological polar surface area (TPSA) is 108 Å². The molecule has 1 heterocycles. The second-order valence-corrected chi connectivity index (χ2v) is 12.5. The molecule has 9 heteroatoms. The van der Waals surface area contributed by atoms with Crippen molar-refractivity contribution in [3.05, 3.63) is 122 Å². The maximum atomic E-state index is 12.7. The highest BCUT2D eigenvalue weighted by molar-refractivity contribution is 6.04. The molecule has 0 spiro atoms. The van der Waals surface area contributed by atoms with Crippen LogP contribution < -0.4 is 24.8 Å². The van der Waals surface area contributed by atoms with E-state index < -0.39 is 11.6 Å². The molecule has 9 nitrogen and oxygen atoms in total. The Hall–Kier alpha value is -5.41. The maximum absolute atomic E-state index is 12.7. The van der Waals surface area contributed by atoms with Gasteiger partial charge < -0.3 is 29.6 Å². The number of aromatic nitrogens is 1. The molecule has 2 N–H and O–H groups in total. The third-order valence-corrected chi connectivity index (χ3v) is 7.35. The van der Waals surface area contributed by atoms with Crippen LogP contribution in [0.15, 0.2) is 116 Å². The number of benzene rings is 3. The largest absolute Gasteiger partial charge is 0.493 e. The molecule has 1 aromatic heterocycles. The van der Waals surface area contributed by atoms with Gasteiger partial charge in [-0.25, -0.2) is 0 Å². The SMILES string of the molecule is C/C=C\C.C=C.C=C(CC)C[C@H](NCCCOc1cc2nccc(Oc3ccc(NC(=O)c4ccccc4)cc3)c2cc1OC)C(=O)OC(C)(C)C. The van der Waals surface area contributed by atoms with E-state index in [1.165, 1.54) is 0 Å². The van der Waals surface area contributed by atoms with Gasteiger partial charge in [-0.1, -0.05) is 49.4 Å². The predicted octanol–water partition coefficient (Wildman–Crippen LogP) is 10.1. The zero-order valence-corrected chi connectivity index (χ0v) is 31.8. The summed E-state index contributed by atoms with van der Waals surface area (Å²) in [5, 5.41) is 6.95. The van der Waals surface area contributed by atoms with Gasteiger partial charge in [0.25, 0.3) is 5.91 Å². The van der Waals surface area contributed by atoms with Crippen LogP contribution in [0.2, 0.25) is 0 Å². The first kappa shape index (κ1) is 42.8. The third-order valence-electron chi connectivity index (χ3n) is 7.35. The monoisotopic (exact) mass is 709 g/mol. The molecule has 0 aliphatic heterocycles. The van der Waals surface area contributed by atoms with Crippen LogP contribution in [-0.2, 0) is 9.53 Å². The van der Waals surface area contributed by atoms with Crippen molar-refractivity contribution in [2.75, 3.05) is 25.6 Å². The normalized spacial score (nSPS) is 11.3. The number of hydrogen-bond acceptors (Lipinski definition) is 8. The lowest BCUT2D eigenvalue weighted by Crippen LogP contribution is -2.42. The van der Waals surface area contributed by atoms with E-state index >= 15 is 0 Å². The van der Waals surface area contributed by atoms with Crippen molar-refractivity contribution in [3.63, 3.8) is 0 Å². The maximum Gasteiger partial charge on any atom is 0.323 e. The lowest BCUT2D eigenvalue weighted by molar-refractivity contribution is -0.157. The Labute approximate surface area is 309 Å². The molecule has 0 bridgehead atoms. The number of ether oxygens (including phenoxy) is 4. The van der Waals surface area contributed by atoms with Crippen LogP contribution >= 0.6 is 0 Å². The smallest absolute Gasteiger partial charge is 0.323 e. The Kier molecular flexibility index (Phi) is 18.4. The highest BCUT2D eigenvalue weighted by atomic mass is 16.6. The minimum absolute atomic E-state index is 0.181. The van der Waals surface area contributed by atoms with E-state index in [0.717, 1.165) is 17.4 Å². The van der Waals surface area contributed by atoms with Gasteiger partial charge in [0, 0.05) is 28.9 Å². The van der Waals surface area contributed by atoms with E-state index in [-0.39, 0.29) is 11.9 Å². The molecule has 3 aromatic carbocycles. The molecule has 4 rings (SSSR count). The number of carbonyl (C=O) groups is 2. The standard InChI is InChI=1S/C37H43N3O6.C4H8.C2H4/c1-7-25(2)22-31(36(42)46-37(3,4)5)38-19-11-21-44-34-24-30-29(23-33(34)43-6)32(18-20-39-30)45-28-16-14-27(15-17-28)40-35(41)26-12-9-8-10-13-26;1-3-4-2;1-2/h8-10,12-18,20,23-24,31,38H,2,7,11,19,21-22H2,1,3-6H3,(H,40,41);3-4H,1-2H3;1-2H2/b;4-3-;/t31-;;/m0../s1. The number of anilines is 1. The second-order valence-electron chi connectivity index (χ2n) is 12.5. The molecule has 0 saturated carbocycles. The molecule has 4 aromatic rings. The summed E-state index contributed by atoms with van der Waals surface area (Å²) in [7, 11) is 1.58. The van der Waals surface area contributed by atoms with Gasteiger partial charge in [-0.05, 0) is 109 Å². The fourth-order valence-electron chi connectivity index (χ4n) is 4.59. The fourth-order valence-corrected chi connectivity index (χ4v) is 4.59. The van der Waals surface area contributed by atoms with Crippen LogP contribution in [0.25, 0.3) is 10.9 Å². The molecule has 0 radical (unpaired) electrons. The molecule has 0 unspecified atom stereocenters. The van der Waals surface area contributed by atoms with Crippen molar-refractivity contribution >= 4 is 28.5 Å². The van der Waals surface area contributed by atoms with Crippen molar-refractivity contribution in [2.24, 2.45) is 0 Å². The molecule has 0 aliphatic rings. The first-order chi connectivity index (χ1) is 25.0. The quantitative estimate of drug-likeness (QED) is 0.0714. The second kappa shape index (κ2) is 22.4. The lowest BCUT2D eigenvalue weighted by Gasteiger charge is -2.25. The van der Waals surface area contributed by atoms with Crippen LogP contribution in [0.4, 0.5) is 5.69 Å². The number of pyridine rings is 1. The first-order valence-corrected chi connectivity index (χ1v) is 17.4. The number of fused-ring (bicyclic) bond motifs is 1. The summed E-state index contributed by atoms with van der Waals surface area (Å²) < 4.78 is 23.5. The minimum Gasteiger partial charge on any atom is -0.493 e. The van der Waals surface area contributed by atoms with E-state index in [2.05, 4.69) is 35.4 Å². The van der Waals surface area contributed by atoms with Crippen molar-refractivity contribution in [1.29, 1.82) is 0 Å². The number of nitrogens with one attached hydrogen (secondary N) is 2. The van der Waals surface area contributed by atoms with Crippen molar-refractivity contribution in [2.45, 2.75) is 72.4 Å². The Morgan fingerprint density at radius 3 is 2.19 bits per heavy atom. The summed E-state index contributed by atoms with van der Waals surface area (Å²) in [6, 6.07) is 21.2. The molecule has 52 heavy (non-hydrogen) atoms. The van der Waals surface area contributed by atoms with Gasteiger partial charge in [-0.2, -0.15) is 0 Å². The van der Waals surface area contributed by atoms with Gasteiger partial charge in [0.15, 0.2) is 11.5 Å². The van der Waals surface area contributed by atoms with Gasteiger partial charge in [-0.3, -0.25) is 14.6 Å². The number of rotatable bonds is 15. The number of esters is 1. The minimum atomic E-state index is -0.564. The van der Waals surface area contributed by atoms with Crippen LogP contribution in [0.5, 0.6) is 23.0 Å².